The summed E-state index contributed by atoms with van der Waals surface area (Å²) < 4.78 is 11.6. The van der Waals surface area contributed by atoms with Gasteiger partial charge in [-0.15, -0.1) is 0 Å². The van der Waals surface area contributed by atoms with Crippen LogP contribution in [0.2, 0.25) is 0 Å². The van der Waals surface area contributed by atoms with Crippen molar-refractivity contribution >= 4 is 33.6 Å². The van der Waals surface area contributed by atoms with Crippen molar-refractivity contribution in [3.05, 3.63) is 58.6 Å². The van der Waals surface area contributed by atoms with Crippen molar-refractivity contribution in [3.63, 3.8) is 0 Å². The number of carbonyl (C=O) groups excluding carboxylic acids is 1. The largest absolute Gasteiger partial charge is 0.497 e. The first-order valence-corrected chi connectivity index (χ1v) is 9.59. The molecule has 2 aromatic carbocycles. The molecule has 6 heteroatoms. The fraction of sp³-hybridized carbons (Fsp3) is 0.286. The van der Waals surface area contributed by atoms with Crippen molar-refractivity contribution in [1.29, 1.82) is 0 Å². The molecule has 1 aliphatic rings. The summed E-state index contributed by atoms with van der Waals surface area (Å²) in [6.45, 7) is 2.98. The average Bonchev–Trinajstić information content (AvgIpc) is 2.72. The number of nitrogens with zero attached hydrogens (tertiary/aromatic N) is 2. The van der Waals surface area contributed by atoms with Crippen molar-refractivity contribution in [3.8, 4) is 11.5 Å². The van der Waals surface area contributed by atoms with Gasteiger partial charge in [0.2, 0.25) is 5.91 Å². The van der Waals surface area contributed by atoms with Crippen molar-refractivity contribution in [2.45, 2.75) is 0 Å². The molecule has 1 fully saturated rings. The highest BCUT2D eigenvalue weighted by atomic mass is 79.9. The third-order valence-electron chi connectivity index (χ3n) is 4.61. The number of amides is 1. The number of anilines is 1. The van der Waals surface area contributed by atoms with Crippen LogP contribution in [0.15, 0.2) is 53.0 Å². The number of rotatable bonds is 5. The molecule has 0 saturated carbocycles. The summed E-state index contributed by atoms with van der Waals surface area (Å²) in [4.78, 5) is 16.7. The lowest BCUT2D eigenvalue weighted by molar-refractivity contribution is -0.126. The van der Waals surface area contributed by atoms with Gasteiger partial charge >= 0.3 is 0 Å². The van der Waals surface area contributed by atoms with Crippen LogP contribution in [0.1, 0.15) is 5.56 Å². The zero-order valence-electron chi connectivity index (χ0n) is 15.5. The standard InChI is InChI=1S/C21H23BrN2O3/c1-26-19-5-3-4-18(15-19)23-10-12-24(13-11-23)21(25)9-6-16-14-17(22)7-8-20(16)27-2/h3-9,14-15H,10-13H2,1-2H3/b9-6+. The number of ether oxygens (including phenoxy) is 2. The van der Waals surface area contributed by atoms with E-state index in [4.69, 9.17) is 9.47 Å². The molecule has 1 amide bonds. The van der Waals surface area contributed by atoms with Gasteiger partial charge in [0.05, 0.1) is 14.2 Å². The first kappa shape index (κ1) is 19.3. The number of methoxy groups -OCH3 is 2. The summed E-state index contributed by atoms with van der Waals surface area (Å²) in [5, 5.41) is 0. The van der Waals surface area contributed by atoms with Gasteiger partial charge in [0.15, 0.2) is 0 Å². The average molecular weight is 431 g/mol. The molecule has 142 valence electrons. The predicted octanol–water partition coefficient (Wildman–Crippen LogP) is 3.83. The van der Waals surface area contributed by atoms with E-state index >= 15 is 0 Å². The summed E-state index contributed by atoms with van der Waals surface area (Å²) in [7, 11) is 3.29. The van der Waals surface area contributed by atoms with Crippen LogP contribution < -0.4 is 14.4 Å². The van der Waals surface area contributed by atoms with E-state index in [0.717, 1.165) is 40.3 Å². The third-order valence-corrected chi connectivity index (χ3v) is 5.10. The van der Waals surface area contributed by atoms with Crippen LogP contribution in [0.25, 0.3) is 6.08 Å². The van der Waals surface area contributed by atoms with Gasteiger partial charge in [0.1, 0.15) is 11.5 Å². The van der Waals surface area contributed by atoms with Gasteiger partial charge in [-0.1, -0.05) is 22.0 Å². The molecule has 0 aromatic heterocycles. The Morgan fingerprint density at radius 2 is 1.81 bits per heavy atom. The minimum Gasteiger partial charge on any atom is -0.497 e. The van der Waals surface area contributed by atoms with Crippen LogP contribution in [0, 0.1) is 0 Å². The van der Waals surface area contributed by atoms with E-state index in [-0.39, 0.29) is 5.91 Å². The number of carbonyl (C=O) groups is 1. The maximum atomic E-state index is 12.5. The SMILES string of the molecule is COc1cccc(N2CCN(C(=O)/C=C/c3cc(Br)ccc3OC)CC2)c1. The topological polar surface area (TPSA) is 42.0 Å². The first-order chi connectivity index (χ1) is 13.1. The summed E-state index contributed by atoms with van der Waals surface area (Å²) in [6, 6.07) is 13.7. The maximum Gasteiger partial charge on any atom is 0.246 e. The van der Waals surface area contributed by atoms with Crippen LogP contribution in [0.3, 0.4) is 0 Å². The van der Waals surface area contributed by atoms with Crippen LogP contribution in [-0.2, 0) is 4.79 Å². The summed E-state index contributed by atoms with van der Waals surface area (Å²) in [5.41, 5.74) is 1.99. The Morgan fingerprint density at radius 1 is 1.04 bits per heavy atom. The monoisotopic (exact) mass is 430 g/mol. The fourth-order valence-corrected chi connectivity index (χ4v) is 3.47. The molecule has 0 unspecified atom stereocenters. The minimum atomic E-state index is 0.0160. The molecule has 0 N–H and O–H groups in total. The smallest absolute Gasteiger partial charge is 0.246 e. The van der Waals surface area contributed by atoms with Gasteiger partial charge in [-0.2, -0.15) is 0 Å². The minimum absolute atomic E-state index is 0.0160. The Morgan fingerprint density at radius 3 is 2.52 bits per heavy atom. The maximum absolute atomic E-state index is 12.5. The van der Waals surface area contributed by atoms with E-state index in [1.807, 2.05) is 41.3 Å². The van der Waals surface area contributed by atoms with E-state index in [1.165, 1.54) is 0 Å². The molecule has 1 heterocycles. The zero-order chi connectivity index (χ0) is 19.2. The van der Waals surface area contributed by atoms with Crippen molar-refractivity contribution < 1.29 is 14.3 Å². The number of hydrogen-bond donors (Lipinski definition) is 0. The van der Waals surface area contributed by atoms with E-state index in [2.05, 4.69) is 26.9 Å². The highest BCUT2D eigenvalue weighted by Crippen LogP contribution is 2.25. The number of piperazine rings is 1. The normalized spacial score (nSPS) is 14.5. The Balaban J connectivity index is 1.61. The van der Waals surface area contributed by atoms with Gasteiger partial charge < -0.3 is 19.3 Å². The molecule has 1 aliphatic heterocycles. The summed E-state index contributed by atoms with van der Waals surface area (Å²) in [5.74, 6) is 1.60. The lowest BCUT2D eigenvalue weighted by atomic mass is 10.2. The molecule has 0 spiro atoms. The molecule has 5 nitrogen and oxygen atoms in total. The van der Waals surface area contributed by atoms with E-state index in [9.17, 15) is 4.79 Å². The van der Waals surface area contributed by atoms with E-state index < -0.39 is 0 Å². The Labute approximate surface area is 168 Å². The number of hydrogen-bond acceptors (Lipinski definition) is 4. The molecule has 2 aromatic rings. The molecule has 27 heavy (non-hydrogen) atoms. The van der Waals surface area contributed by atoms with Gasteiger partial charge in [0.25, 0.3) is 0 Å². The summed E-state index contributed by atoms with van der Waals surface area (Å²) in [6.07, 6.45) is 3.42. The van der Waals surface area contributed by atoms with Gasteiger partial charge in [0, 0.05) is 54.0 Å². The molecule has 3 rings (SSSR count). The second-order valence-electron chi connectivity index (χ2n) is 6.23. The molecular weight excluding hydrogens is 408 g/mol. The number of halogens is 1. The lowest BCUT2D eigenvalue weighted by Gasteiger charge is -2.35. The van der Waals surface area contributed by atoms with Gasteiger partial charge in [-0.05, 0) is 36.4 Å². The van der Waals surface area contributed by atoms with Crippen LogP contribution in [0.5, 0.6) is 11.5 Å². The van der Waals surface area contributed by atoms with Gasteiger partial charge in [-0.25, -0.2) is 0 Å². The van der Waals surface area contributed by atoms with Crippen LogP contribution in [0.4, 0.5) is 5.69 Å². The zero-order valence-corrected chi connectivity index (χ0v) is 17.1. The molecule has 0 radical (unpaired) electrons. The van der Waals surface area contributed by atoms with E-state index in [1.54, 1.807) is 26.4 Å². The Hall–Kier alpha value is -2.47. The second-order valence-corrected chi connectivity index (χ2v) is 7.15. The van der Waals surface area contributed by atoms with Crippen LogP contribution >= 0.6 is 15.9 Å². The lowest BCUT2D eigenvalue weighted by Crippen LogP contribution is -2.48. The molecule has 0 atom stereocenters. The van der Waals surface area contributed by atoms with Crippen LogP contribution in [-0.4, -0.2) is 51.2 Å². The molecule has 0 aliphatic carbocycles. The molecular formula is C21H23BrN2O3. The van der Waals surface area contributed by atoms with E-state index in [0.29, 0.717) is 13.1 Å². The fourth-order valence-electron chi connectivity index (χ4n) is 3.09. The van der Waals surface area contributed by atoms with Crippen molar-refractivity contribution in [2.24, 2.45) is 0 Å². The summed E-state index contributed by atoms with van der Waals surface area (Å²) >= 11 is 3.45. The van der Waals surface area contributed by atoms with Crippen molar-refractivity contribution in [1.82, 2.24) is 4.90 Å². The highest BCUT2D eigenvalue weighted by molar-refractivity contribution is 9.10. The van der Waals surface area contributed by atoms with Crippen molar-refractivity contribution in [2.75, 3.05) is 45.3 Å². The third kappa shape index (κ3) is 4.83. The quantitative estimate of drug-likeness (QED) is 0.675. The second kappa shape index (κ2) is 8.95. The van der Waals surface area contributed by atoms with Gasteiger partial charge in [-0.3, -0.25) is 4.79 Å². The first-order valence-electron chi connectivity index (χ1n) is 8.80. The number of benzene rings is 2. The highest BCUT2D eigenvalue weighted by Gasteiger charge is 2.20. The molecule has 0 bridgehead atoms. The Kier molecular flexibility index (Phi) is 6.40. The Bertz CT molecular complexity index is 830. The molecule has 1 saturated heterocycles. The predicted molar refractivity (Wildman–Crippen MR) is 112 cm³/mol.